The van der Waals surface area contributed by atoms with Gasteiger partial charge in [0.2, 0.25) is 11.7 Å². The van der Waals surface area contributed by atoms with E-state index in [0.29, 0.717) is 17.4 Å². The fourth-order valence-corrected chi connectivity index (χ4v) is 4.00. The van der Waals surface area contributed by atoms with Crippen molar-refractivity contribution in [2.75, 3.05) is 30.8 Å². The number of para-hydroxylation sites is 1. The van der Waals surface area contributed by atoms with Crippen LogP contribution in [0.5, 0.6) is 5.75 Å². The lowest BCUT2D eigenvalue weighted by Crippen LogP contribution is -2.33. The van der Waals surface area contributed by atoms with Crippen molar-refractivity contribution in [1.82, 2.24) is 15.1 Å². The van der Waals surface area contributed by atoms with E-state index in [4.69, 9.17) is 20.0 Å². The maximum atomic E-state index is 5.86. The van der Waals surface area contributed by atoms with Gasteiger partial charge in [-0.05, 0) is 43.2 Å². The molecule has 152 valence electrons. The van der Waals surface area contributed by atoms with Crippen LogP contribution >= 0.6 is 0 Å². The maximum Gasteiger partial charge on any atom is 0.230 e. The highest BCUT2D eigenvalue weighted by Gasteiger charge is 2.26. The van der Waals surface area contributed by atoms with Gasteiger partial charge in [-0.15, -0.1) is 0 Å². The molecule has 1 fully saturated rings. The van der Waals surface area contributed by atoms with E-state index in [2.05, 4.69) is 27.2 Å². The fraction of sp³-hybridized carbons (Fsp3) is 0.261. The molecule has 0 amide bonds. The zero-order valence-corrected chi connectivity index (χ0v) is 16.8. The van der Waals surface area contributed by atoms with E-state index >= 15 is 0 Å². The van der Waals surface area contributed by atoms with Crippen molar-refractivity contribution in [2.24, 2.45) is 0 Å². The maximum absolute atomic E-state index is 5.86. The molecule has 2 N–H and O–H groups in total. The first-order chi connectivity index (χ1) is 14.7. The van der Waals surface area contributed by atoms with E-state index < -0.39 is 0 Å². The van der Waals surface area contributed by atoms with Gasteiger partial charge >= 0.3 is 0 Å². The predicted octanol–water partition coefficient (Wildman–Crippen LogP) is 4.26. The smallest absolute Gasteiger partial charge is 0.230 e. The lowest BCUT2D eigenvalue weighted by molar-refractivity contribution is 0.329. The van der Waals surface area contributed by atoms with Crippen LogP contribution in [0.15, 0.2) is 59.1 Å². The molecule has 0 unspecified atom stereocenters. The average molecular weight is 401 g/mol. The number of pyridine rings is 1. The molecule has 7 nitrogen and oxygen atoms in total. The molecule has 4 aromatic rings. The summed E-state index contributed by atoms with van der Waals surface area (Å²) in [6.07, 6.45) is 1.87. The highest BCUT2D eigenvalue weighted by molar-refractivity contribution is 5.86. The van der Waals surface area contributed by atoms with E-state index in [0.717, 1.165) is 54.0 Å². The molecule has 2 aromatic carbocycles. The van der Waals surface area contributed by atoms with E-state index in [1.54, 1.807) is 7.11 Å². The number of hydrogen-bond donors (Lipinski definition) is 1. The minimum atomic E-state index is 0.249. The second kappa shape index (κ2) is 7.67. The van der Waals surface area contributed by atoms with Gasteiger partial charge in [-0.3, -0.25) is 0 Å². The van der Waals surface area contributed by atoms with Crippen LogP contribution in [0.25, 0.3) is 22.3 Å². The van der Waals surface area contributed by atoms with Gasteiger partial charge in [0.25, 0.3) is 0 Å². The molecule has 30 heavy (non-hydrogen) atoms. The number of nitrogens with two attached hydrogens (primary N) is 1. The van der Waals surface area contributed by atoms with Crippen LogP contribution < -0.4 is 15.4 Å². The summed E-state index contributed by atoms with van der Waals surface area (Å²) in [7, 11) is 1.68. The van der Waals surface area contributed by atoms with Gasteiger partial charge in [0.05, 0.1) is 7.11 Å². The lowest BCUT2D eigenvalue weighted by Gasteiger charge is -2.31. The molecule has 0 bridgehead atoms. The molecule has 0 atom stereocenters. The van der Waals surface area contributed by atoms with Crippen LogP contribution in [0.2, 0.25) is 0 Å². The second-order valence-corrected chi connectivity index (χ2v) is 7.54. The van der Waals surface area contributed by atoms with Crippen LogP contribution in [0, 0.1) is 0 Å². The fourth-order valence-electron chi connectivity index (χ4n) is 4.00. The topological polar surface area (TPSA) is 90.3 Å². The number of ether oxygens (including phenoxy) is 1. The third-order valence-electron chi connectivity index (χ3n) is 5.64. The van der Waals surface area contributed by atoms with E-state index in [1.807, 2.05) is 42.5 Å². The minimum absolute atomic E-state index is 0.249. The molecule has 1 aliphatic rings. The van der Waals surface area contributed by atoms with Gasteiger partial charge in [-0.2, -0.15) is 4.98 Å². The number of rotatable bonds is 4. The lowest BCUT2D eigenvalue weighted by atomic mass is 9.96. The quantitative estimate of drug-likeness (QED) is 0.511. The summed E-state index contributed by atoms with van der Waals surface area (Å²) < 4.78 is 11.0. The summed E-state index contributed by atoms with van der Waals surface area (Å²) in [5.74, 6) is 3.29. The van der Waals surface area contributed by atoms with Crippen LogP contribution in [-0.2, 0) is 0 Å². The molecule has 0 radical (unpaired) electrons. The Labute approximate surface area is 174 Å². The van der Waals surface area contributed by atoms with Crippen LogP contribution in [-0.4, -0.2) is 35.3 Å². The first-order valence-electron chi connectivity index (χ1n) is 10.1. The van der Waals surface area contributed by atoms with Crippen LogP contribution in [0.1, 0.15) is 24.7 Å². The number of piperidine rings is 1. The Morgan fingerprint density at radius 1 is 1.03 bits per heavy atom. The summed E-state index contributed by atoms with van der Waals surface area (Å²) in [6.45, 7) is 1.77. The van der Waals surface area contributed by atoms with E-state index in [9.17, 15) is 0 Å². The Morgan fingerprint density at radius 3 is 2.67 bits per heavy atom. The number of nitrogen functional groups attached to an aromatic ring is 1. The van der Waals surface area contributed by atoms with Crippen molar-refractivity contribution in [3.8, 4) is 17.1 Å². The first-order valence-corrected chi connectivity index (χ1v) is 10.1. The molecule has 1 aliphatic heterocycles. The van der Waals surface area contributed by atoms with Crippen molar-refractivity contribution in [2.45, 2.75) is 18.8 Å². The summed E-state index contributed by atoms with van der Waals surface area (Å²) in [4.78, 5) is 11.8. The summed E-state index contributed by atoms with van der Waals surface area (Å²) in [6, 6.07) is 17.7. The van der Waals surface area contributed by atoms with E-state index in [-0.39, 0.29) is 5.92 Å². The highest BCUT2D eigenvalue weighted by atomic mass is 16.5. The van der Waals surface area contributed by atoms with Crippen LogP contribution in [0.3, 0.4) is 0 Å². The number of fused-ring (bicyclic) bond motifs is 1. The van der Waals surface area contributed by atoms with Crippen molar-refractivity contribution in [1.29, 1.82) is 0 Å². The summed E-state index contributed by atoms with van der Waals surface area (Å²) >= 11 is 0. The van der Waals surface area contributed by atoms with Gasteiger partial charge in [-0.1, -0.05) is 29.4 Å². The molecule has 3 heterocycles. The summed E-state index contributed by atoms with van der Waals surface area (Å²) in [5, 5.41) is 5.23. The van der Waals surface area contributed by atoms with E-state index in [1.165, 1.54) is 0 Å². The largest absolute Gasteiger partial charge is 0.494 e. The van der Waals surface area contributed by atoms with Gasteiger partial charge in [-0.25, -0.2) is 4.98 Å². The third-order valence-corrected chi connectivity index (χ3v) is 5.64. The number of methoxy groups -OCH3 is 1. The van der Waals surface area contributed by atoms with Crippen molar-refractivity contribution < 1.29 is 9.26 Å². The molecule has 1 saturated heterocycles. The van der Waals surface area contributed by atoms with Crippen molar-refractivity contribution >= 4 is 22.4 Å². The zero-order valence-electron chi connectivity index (χ0n) is 16.8. The zero-order chi connectivity index (χ0) is 20.5. The van der Waals surface area contributed by atoms with Gasteiger partial charge in [0.1, 0.15) is 17.1 Å². The molecular weight excluding hydrogens is 378 g/mol. The minimum Gasteiger partial charge on any atom is -0.494 e. The Balaban J connectivity index is 1.31. The van der Waals surface area contributed by atoms with Crippen molar-refractivity contribution in [3.05, 3.63) is 60.5 Å². The summed E-state index contributed by atoms with van der Waals surface area (Å²) in [5.41, 5.74) is 8.31. The Bertz CT molecular complexity index is 1180. The molecule has 0 saturated carbocycles. The normalized spacial score (nSPS) is 14.9. The molecule has 0 aliphatic carbocycles. The number of benzene rings is 2. The SMILES string of the molecule is COc1cccc2ccc(N3CCC(c4nc(-c5cccc(N)c5)no4)CC3)nc12. The Morgan fingerprint density at radius 2 is 1.87 bits per heavy atom. The van der Waals surface area contributed by atoms with Crippen LogP contribution in [0.4, 0.5) is 11.5 Å². The molecular formula is C23H23N5O2. The molecule has 0 spiro atoms. The number of hydrogen-bond acceptors (Lipinski definition) is 7. The number of aromatic nitrogens is 3. The molecule has 2 aromatic heterocycles. The Kier molecular flexibility index (Phi) is 4.71. The highest BCUT2D eigenvalue weighted by Crippen LogP contribution is 2.32. The molecule has 7 heteroatoms. The monoisotopic (exact) mass is 401 g/mol. The number of anilines is 2. The first kappa shape index (κ1) is 18.4. The predicted molar refractivity (Wildman–Crippen MR) is 117 cm³/mol. The van der Waals surface area contributed by atoms with Gasteiger partial charge < -0.3 is 19.9 Å². The van der Waals surface area contributed by atoms with Crippen molar-refractivity contribution in [3.63, 3.8) is 0 Å². The number of nitrogens with zero attached hydrogens (tertiary/aromatic N) is 4. The standard InChI is InChI=1S/C23H23N5O2/c1-29-19-7-3-4-15-8-9-20(25-21(15)19)28-12-10-16(11-13-28)23-26-22(27-30-23)17-5-2-6-18(24)14-17/h2-9,14,16H,10-13,24H2,1H3. The Hall–Kier alpha value is -3.61. The van der Waals surface area contributed by atoms with Gasteiger partial charge in [0.15, 0.2) is 0 Å². The van der Waals surface area contributed by atoms with Gasteiger partial charge in [0, 0.05) is 35.6 Å². The second-order valence-electron chi connectivity index (χ2n) is 7.54. The average Bonchev–Trinajstić information content (AvgIpc) is 3.29. The molecule has 5 rings (SSSR count). The third kappa shape index (κ3) is 3.43.